The Morgan fingerprint density at radius 1 is 0.886 bits per heavy atom. The van der Waals surface area contributed by atoms with Crippen LogP contribution in [0.3, 0.4) is 0 Å². The van der Waals surface area contributed by atoms with Crippen LogP contribution in [0.5, 0.6) is 0 Å². The van der Waals surface area contributed by atoms with Crippen molar-refractivity contribution in [3.8, 4) is 0 Å². The van der Waals surface area contributed by atoms with Crippen LogP contribution in [0.15, 0.2) is 30.3 Å². The first-order valence-corrected chi connectivity index (χ1v) is 12.3. The lowest BCUT2D eigenvalue weighted by Crippen LogP contribution is -2.52. The Morgan fingerprint density at radius 2 is 1.54 bits per heavy atom. The first-order valence-electron chi connectivity index (χ1n) is 12.3. The van der Waals surface area contributed by atoms with Gasteiger partial charge in [0.2, 0.25) is 17.7 Å². The lowest BCUT2D eigenvalue weighted by atomic mass is 10.1. The van der Waals surface area contributed by atoms with E-state index in [1.165, 1.54) is 6.92 Å². The second kappa shape index (κ2) is 17.2. The van der Waals surface area contributed by atoms with Crippen LogP contribution < -0.4 is 16.4 Å². The van der Waals surface area contributed by atoms with Crippen molar-refractivity contribution in [2.45, 2.75) is 96.7 Å². The molecule has 194 valence electrons. The van der Waals surface area contributed by atoms with Gasteiger partial charge in [-0.05, 0) is 38.2 Å². The van der Waals surface area contributed by atoms with Crippen LogP contribution in [0.2, 0.25) is 0 Å². The van der Waals surface area contributed by atoms with Crippen LogP contribution in [0.4, 0.5) is 0 Å². The van der Waals surface area contributed by atoms with E-state index in [0.717, 1.165) is 31.2 Å². The molecule has 0 aliphatic rings. The van der Waals surface area contributed by atoms with E-state index in [0.29, 0.717) is 19.3 Å². The molecule has 35 heavy (non-hydrogen) atoms. The number of hydrogen-bond acceptors (Lipinski definition) is 6. The molecule has 4 N–H and O–H groups in total. The summed E-state index contributed by atoms with van der Waals surface area (Å²) >= 11 is 0. The maximum atomic E-state index is 12.4. The molecule has 0 unspecified atom stereocenters. The molecule has 2 atom stereocenters. The number of ether oxygens (including phenoxy) is 1. The van der Waals surface area contributed by atoms with Crippen LogP contribution in [0.25, 0.3) is 0 Å². The molecule has 1 aromatic carbocycles. The van der Waals surface area contributed by atoms with Gasteiger partial charge in [0.15, 0.2) is 0 Å². The molecule has 1 aromatic rings. The van der Waals surface area contributed by atoms with E-state index >= 15 is 0 Å². The van der Waals surface area contributed by atoms with Gasteiger partial charge in [-0.1, -0.05) is 50.1 Å². The second-order valence-electron chi connectivity index (χ2n) is 8.64. The summed E-state index contributed by atoms with van der Waals surface area (Å²) in [6.07, 6.45) is 5.34. The van der Waals surface area contributed by atoms with E-state index in [1.807, 2.05) is 37.3 Å². The number of amides is 3. The zero-order valence-electron chi connectivity index (χ0n) is 20.8. The number of nitrogens with two attached hydrogens (primary N) is 1. The van der Waals surface area contributed by atoms with Gasteiger partial charge in [-0.2, -0.15) is 0 Å². The van der Waals surface area contributed by atoms with Crippen molar-refractivity contribution in [1.82, 2.24) is 10.6 Å². The van der Waals surface area contributed by atoms with Crippen LogP contribution in [0.1, 0.15) is 83.6 Å². The number of benzene rings is 1. The number of carbonyl (C=O) groups excluding carboxylic acids is 5. The van der Waals surface area contributed by atoms with E-state index in [2.05, 4.69) is 10.6 Å². The summed E-state index contributed by atoms with van der Waals surface area (Å²) < 4.78 is 5.17. The van der Waals surface area contributed by atoms with E-state index < -0.39 is 29.9 Å². The molecule has 0 heterocycles. The van der Waals surface area contributed by atoms with Crippen molar-refractivity contribution in [2.24, 2.45) is 5.73 Å². The minimum atomic E-state index is -1.06. The van der Waals surface area contributed by atoms with Crippen LogP contribution in [0, 0.1) is 0 Å². The number of ketones is 1. The van der Waals surface area contributed by atoms with Gasteiger partial charge in [-0.3, -0.25) is 24.0 Å². The van der Waals surface area contributed by atoms with Crippen LogP contribution in [-0.2, 0) is 35.3 Å². The Hall–Kier alpha value is -3.23. The number of esters is 1. The third-order valence-electron chi connectivity index (χ3n) is 5.48. The minimum absolute atomic E-state index is 0.00760. The van der Waals surface area contributed by atoms with Crippen molar-refractivity contribution < 1.29 is 28.7 Å². The molecule has 0 aromatic heterocycles. The van der Waals surface area contributed by atoms with Gasteiger partial charge in [0.1, 0.15) is 24.5 Å². The largest absolute Gasteiger partial charge is 0.461 e. The molecule has 0 aliphatic carbocycles. The fraction of sp³-hybridized carbons (Fsp3) is 0.577. The molecule has 0 bridgehead atoms. The number of hydrogen-bond donors (Lipinski definition) is 3. The Labute approximate surface area is 207 Å². The molecule has 9 nitrogen and oxygen atoms in total. The third kappa shape index (κ3) is 13.9. The standard InChI is InChI=1S/C26H39N3O6/c1-3-4-13-21(30)14-9-6-10-15-23(31)28-19(2)26(34)29-22(25(27)33)16-17-24(32)35-18-20-11-7-5-8-12-20/h5,7-8,11-12,19,22H,3-4,6,9-10,13-18H2,1-2H3,(H2,27,33)(H,28,31)(H,29,34)/t19-,22+/m0/s1. The Bertz CT molecular complexity index is 828. The van der Waals surface area contributed by atoms with Gasteiger partial charge in [0.05, 0.1) is 0 Å². The molecule has 3 amide bonds. The number of Topliss-reactive ketones (excluding diaryl/α,β-unsaturated/α-hetero) is 1. The summed E-state index contributed by atoms with van der Waals surface area (Å²) in [7, 11) is 0. The summed E-state index contributed by atoms with van der Waals surface area (Å²) in [6, 6.07) is 7.24. The Morgan fingerprint density at radius 3 is 2.20 bits per heavy atom. The number of primary amides is 1. The van der Waals surface area contributed by atoms with Gasteiger partial charge in [-0.25, -0.2) is 0 Å². The third-order valence-corrected chi connectivity index (χ3v) is 5.48. The zero-order chi connectivity index (χ0) is 26.1. The fourth-order valence-electron chi connectivity index (χ4n) is 3.32. The van der Waals surface area contributed by atoms with Crippen molar-refractivity contribution in [3.05, 3.63) is 35.9 Å². The lowest BCUT2D eigenvalue weighted by Gasteiger charge is -2.19. The summed E-state index contributed by atoms with van der Waals surface area (Å²) in [5.74, 6) is -1.88. The van der Waals surface area contributed by atoms with Gasteiger partial charge in [0.25, 0.3) is 0 Å². The van der Waals surface area contributed by atoms with E-state index in [-0.39, 0.29) is 37.6 Å². The highest BCUT2D eigenvalue weighted by Gasteiger charge is 2.23. The van der Waals surface area contributed by atoms with E-state index in [9.17, 15) is 24.0 Å². The normalized spacial score (nSPS) is 12.3. The number of nitrogens with one attached hydrogen (secondary N) is 2. The highest BCUT2D eigenvalue weighted by Crippen LogP contribution is 2.08. The second-order valence-corrected chi connectivity index (χ2v) is 8.64. The molecular formula is C26H39N3O6. The van der Waals surface area contributed by atoms with Gasteiger partial charge in [0, 0.05) is 25.7 Å². The molecule has 0 saturated carbocycles. The van der Waals surface area contributed by atoms with Crippen molar-refractivity contribution >= 4 is 29.5 Å². The summed E-state index contributed by atoms with van der Waals surface area (Å²) in [5.41, 5.74) is 6.20. The molecular weight excluding hydrogens is 450 g/mol. The maximum Gasteiger partial charge on any atom is 0.306 e. The predicted octanol–water partition coefficient (Wildman–Crippen LogP) is 2.69. The van der Waals surface area contributed by atoms with Crippen LogP contribution >= 0.6 is 0 Å². The SMILES string of the molecule is CCCCC(=O)CCCCCC(=O)N[C@@H](C)C(=O)N[C@H](CCC(=O)OCc1ccccc1)C(N)=O. The fourth-order valence-corrected chi connectivity index (χ4v) is 3.32. The van der Waals surface area contributed by atoms with Crippen molar-refractivity contribution in [1.29, 1.82) is 0 Å². The number of unbranched alkanes of at least 4 members (excludes halogenated alkanes) is 3. The molecule has 9 heteroatoms. The van der Waals surface area contributed by atoms with Gasteiger partial charge in [-0.15, -0.1) is 0 Å². The average Bonchev–Trinajstić information content (AvgIpc) is 2.83. The van der Waals surface area contributed by atoms with Crippen LogP contribution in [-0.4, -0.2) is 41.6 Å². The summed E-state index contributed by atoms with van der Waals surface area (Å²) in [4.78, 5) is 59.9. The predicted molar refractivity (Wildman–Crippen MR) is 132 cm³/mol. The minimum Gasteiger partial charge on any atom is -0.461 e. The molecule has 0 spiro atoms. The Kier molecular flexibility index (Phi) is 14.7. The van der Waals surface area contributed by atoms with Crippen molar-refractivity contribution in [3.63, 3.8) is 0 Å². The highest BCUT2D eigenvalue weighted by molar-refractivity contribution is 5.91. The molecule has 0 aliphatic heterocycles. The molecule has 0 radical (unpaired) electrons. The maximum absolute atomic E-state index is 12.4. The Balaban J connectivity index is 2.30. The summed E-state index contributed by atoms with van der Waals surface area (Å²) in [5, 5.41) is 5.08. The summed E-state index contributed by atoms with van der Waals surface area (Å²) in [6.45, 7) is 3.67. The molecule has 1 rings (SSSR count). The molecule has 0 fully saturated rings. The highest BCUT2D eigenvalue weighted by atomic mass is 16.5. The lowest BCUT2D eigenvalue weighted by molar-refractivity contribution is -0.145. The first kappa shape index (κ1) is 29.8. The average molecular weight is 490 g/mol. The smallest absolute Gasteiger partial charge is 0.306 e. The van der Waals surface area contributed by atoms with Gasteiger partial charge >= 0.3 is 5.97 Å². The van der Waals surface area contributed by atoms with E-state index in [4.69, 9.17) is 10.5 Å². The first-order chi connectivity index (χ1) is 16.7. The van der Waals surface area contributed by atoms with E-state index in [1.54, 1.807) is 0 Å². The van der Waals surface area contributed by atoms with Gasteiger partial charge < -0.3 is 21.1 Å². The number of rotatable bonds is 18. The molecule has 0 saturated heterocycles. The monoisotopic (exact) mass is 489 g/mol. The van der Waals surface area contributed by atoms with Crippen molar-refractivity contribution in [2.75, 3.05) is 0 Å². The zero-order valence-corrected chi connectivity index (χ0v) is 20.8. The number of carbonyl (C=O) groups is 5. The quantitative estimate of drug-likeness (QED) is 0.214. The topological polar surface area (TPSA) is 145 Å².